The SMILES string of the molecule is CCNC(CCC1CC1)c1ccc(C)nc1C. The van der Waals surface area contributed by atoms with Gasteiger partial charge in [-0.3, -0.25) is 4.98 Å². The molecule has 0 spiro atoms. The Kier molecular flexibility index (Phi) is 4.16. The largest absolute Gasteiger partial charge is 0.310 e. The average molecular weight is 232 g/mol. The Morgan fingerprint density at radius 2 is 2.12 bits per heavy atom. The van der Waals surface area contributed by atoms with Gasteiger partial charge >= 0.3 is 0 Å². The Bertz CT molecular complexity index is 369. The van der Waals surface area contributed by atoms with Gasteiger partial charge in [-0.05, 0) is 50.8 Å². The van der Waals surface area contributed by atoms with Gasteiger partial charge in [0.1, 0.15) is 0 Å². The summed E-state index contributed by atoms with van der Waals surface area (Å²) in [5.74, 6) is 1.01. The molecule has 0 radical (unpaired) electrons. The van der Waals surface area contributed by atoms with E-state index in [1.54, 1.807) is 0 Å². The highest BCUT2D eigenvalue weighted by Crippen LogP contribution is 2.36. The molecule has 0 amide bonds. The van der Waals surface area contributed by atoms with Crippen LogP contribution in [0.1, 0.15) is 55.6 Å². The maximum atomic E-state index is 4.58. The molecule has 1 fully saturated rings. The van der Waals surface area contributed by atoms with E-state index in [9.17, 15) is 0 Å². The number of nitrogens with zero attached hydrogens (tertiary/aromatic N) is 1. The molecule has 1 aliphatic carbocycles. The highest BCUT2D eigenvalue weighted by Gasteiger charge is 2.23. The van der Waals surface area contributed by atoms with E-state index in [1.807, 2.05) is 0 Å². The molecule has 1 N–H and O–H groups in total. The van der Waals surface area contributed by atoms with Crippen molar-refractivity contribution in [1.29, 1.82) is 0 Å². The second-order valence-corrected chi connectivity index (χ2v) is 5.26. The van der Waals surface area contributed by atoms with E-state index in [-0.39, 0.29) is 0 Å². The van der Waals surface area contributed by atoms with E-state index in [2.05, 4.69) is 43.2 Å². The van der Waals surface area contributed by atoms with Crippen molar-refractivity contribution in [3.05, 3.63) is 29.1 Å². The molecule has 1 saturated carbocycles. The van der Waals surface area contributed by atoms with Gasteiger partial charge in [-0.25, -0.2) is 0 Å². The van der Waals surface area contributed by atoms with Crippen molar-refractivity contribution in [1.82, 2.24) is 10.3 Å². The summed E-state index contributed by atoms with van der Waals surface area (Å²) in [5.41, 5.74) is 3.69. The zero-order valence-corrected chi connectivity index (χ0v) is 11.3. The van der Waals surface area contributed by atoms with E-state index >= 15 is 0 Å². The first-order chi connectivity index (χ1) is 8.20. The number of aryl methyl sites for hydroxylation is 2. The molecule has 1 aromatic heterocycles. The van der Waals surface area contributed by atoms with Crippen LogP contribution >= 0.6 is 0 Å². The monoisotopic (exact) mass is 232 g/mol. The molecule has 1 heterocycles. The summed E-state index contributed by atoms with van der Waals surface area (Å²) in [5, 5.41) is 3.60. The first kappa shape index (κ1) is 12.6. The lowest BCUT2D eigenvalue weighted by Gasteiger charge is -2.20. The van der Waals surface area contributed by atoms with Gasteiger partial charge in [0.25, 0.3) is 0 Å². The second kappa shape index (κ2) is 5.63. The number of hydrogen-bond acceptors (Lipinski definition) is 2. The molecule has 1 atom stereocenters. The normalized spacial score (nSPS) is 17.1. The van der Waals surface area contributed by atoms with Crippen molar-refractivity contribution in [3.8, 4) is 0 Å². The molecular formula is C15H24N2. The molecule has 0 saturated heterocycles. The molecule has 1 aromatic rings. The maximum Gasteiger partial charge on any atom is 0.0423 e. The molecule has 17 heavy (non-hydrogen) atoms. The lowest BCUT2D eigenvalue weighted by atomic mass is 9.99. The number of hydrogen-bond donors (Lipinski definition) is 1. The van der Waals surface area contributed by atoms with Crippen molar-refractivity contribution in [2.24, 2.45) is 5.92 Å². The van der Waals surface area contributed by atoms with Crippen molar-refractivity contribution in [3.63, 3.8) is 0 Å². The summed E-state index contributed by atoms with van der Waals surface area (Å²) < 4.78 is 0. The van der Waals surface area contributed by atoms with Crippen LogP contribution in [0.15, 0.2) is 12.1 Å². The zero-order valence-electron chi connectivity index (χ0n) is 11.3. The van der Waals surface area contributed by atoms with Crippen LogP contribution in [0, 0.1) is 19.8 Å². The highest BCUT2D eigenvalue weighted by molar-refractivity contribution is 5.25. The van der Waals surface area contributed by atoms with Gasteiger partial charge in [-0.15, -0.1) is 0 Å². The van der Waals surface area contributed by atoms with E-state index in [1.165, 1.54) is 36.9 Å². The smallest absolute Gasteiger partial charge is 0.0423 e. The van der Waals surface area contributed by atoms with E-state index in [0.717, 1.165) is 18.2 Å². The number of rotatable bonds is 6. The van der Waals surface area contributed by atoms with Crippen LogP contribution in [0.3, 0.4) is 0 Å². The molecule has 2 nitrogen and oxygen atoms in total. The third kappa shape index (κ3) is 3.53. The average Bonchev–Trinajstić information content (AvgIpc) is 3.09. The zero-order chi connectivity index (χ0) is 12.3. The van der Waals surface area contributed by atoms with Crippen LogP contribution in [0.5, 0.6) is 0 Å². The minimum absolute atomic E-state index is 0.494. The van der Waals surface area contributed by atoms with Gasteiger partial charge in [-0.2, -0.15) is 0 Å². The van der Waals surface area contributed by atoms with Gasteiger partial charge in [0.15, 0.2) is 0 Å². The summed E-state index contributed by atoms with van der Waals surface area (Å²) in [6, 6.07) is 4.87. The van der Waals surface area contributed by atoms with Crippen LogP contribution in [0.25, 0.3) is 0 Å². The fourth-order valence-electron chi connectivity index (χ4n) is 2.49. The van der Waals surface area contributed by atoms with Gasteiger partial charge < -0.3 is 5.32 Å². The first-order valence-corrected chi connectivity index (χ1v) is 6.88. The van der Waals surface area contributed by atoms with Crippen molar-refractivity contribution in [2.45, 2.75) is 52.5 Å². The molecule has 2 heteroatoms. The van der Waals surface area contributed by atoms with Crippen LogP contribution in [-0.4, -0.2) is 11.5 Å². The molecule has 0 aliphatic heterocycles. The summed E-state index contributed by atoms with van der Waals surface area (Å²) in [6.45, 7) is 7.40. The summed E-state index contributed by atoms with van der Waals surface area (Å²) >= 11 is 0. The van der Waals surface area contributed by atoms with Crippen molar-refractivity contribution < 1.29 is 0 Å². The van der Waals surface area contributed by atoms with Gasteiger partial charge in [0.2, 0.25) is 0 Å². The summed E-state index contributed by atoms with van der Waals surface area (Å²) in [7, 11) is 0. The Morgan fingerprint density at radius 1 is 1.35 bits per heavy atom. The maximum absolute atomic E-state index is 4.58. The topological polar surface area (TPSA) is 24.9 Å². The predicted molar refractivity (Wildman–Crippen MR) is 72.1 cm³/mol. The standard InChI is InChI=1S/C15H24N2/c1-4-16-15(10-8-13-6-7-13)14-9-5-11(2)17-12(14)3/h5,9,13,15-16H,4,6-8,10H2,1-3H3. The van der Waals surface area contributed by atoms with Gasteiger partial charge in [-0.1, -0.05) is 25.8 Å². The summed E-state index contributed by atoms with van der Waals surface area (Å²) in [4.78, 5) is 4.58. The van der Waals surface area contributed by atoms with E-state index in [4.69, 9.17) is 0 Å². The first-order valence-electron chi connectivity index (χ1n) is 6.88. The van der Waals surface area contributed by atoms with Crippen LogP contribution in [0.4, 0.5) is 0 Å². The fourth-order valence-corrected chi connectivity index (χ4v) is 2.49. The molecule has 2 rings (SSSR count). The van der Waals surface area contributed by atoms with Gasteiger partial charge in [0.05, 0.1) is 0 Å². The van der Waals surface area contributed by atoms with Crippen LogP contribution in [0.2, 0.25) is 0 Å². The Morgan fingerprint density at radius 3 is 2.71 bits per heavy atom. The quantitative estimate of drug-likeness (QED) is 0.811. The molecule has 0 bridgehead atoms. The Labute approximate surface area is 105 Å². The van der Waals surface area contributed by atoms with E-state index in [0.29, 0.717) is 6.04 Å². The minimum Gasteiger partial charge on any atom is -0.310 e. The Hall–Kier alpha value is -0.890. The molecular weight excluding hydrogens is 208 g/mol. The number of pyridine rings is 1. The number of aromatic nitrogens is 1. The van der Waals surface area contributed by atoms with E-state index < -0.39 is 0 Å². The second-order valence-electron chi connectivity index (χ2n) is 5.26. The number of nitrogens with one attached hydrogen (secondary N) is 1. The molecule has 94 valence electrons. The molecule has 1 aliphatic rings. The predicted octanol–water partition coefficient (Wildman–Crippen LogP) is 3.54. The highest BCUT2D eigenvalue weighted by atomic mass is 14.9. The lowest BCUT2D eigenvalue weighted by Crippen LogP contribution is -2.22. The van der Waals surface area contributed by atoms with Gasteiger partial charge in [0, 0.05) is 17.4 Å². The van der Waals surface area contributed by atoms with Crippen LogP contribution in [-0.2, 0) is 0 Å². The summed E-state index contributed by atoms with van der Waals surface area (Å²) in [6.07, 6.45) is 5.52. The molecule has 1 unspecified atom stereocenters. The van der Waals surface area contributed by atoms with Crippen molar-refractivity contribution in [2.75, 3.05) is 6.54 Å². The lowest BCUT2D eigenvalue weighted by molar-refractivity contribution is 0.478. The third-order valence-electron chi connectivity index (χ3n) is 3.65. The molecule has 0 aromatic carbocycles. The Balaban J connectivity index is 2.06. The van der Waals surface area contributed by atoms with Crippen LogP contribution < -0.4 is 5.32 Å². The third-order valence-corrected chi connectivity index (χ3v) is 3.65. The fraction of sp³-hybridized carbons (Fsp3) is 0.667. The van der Waals surface area contributed by atoms with Crippen molar-refractivity contribution >= 4 is 0 Å². The minimum atomic E-state index is 0.494.